The molecular weight excluding hydrogens is 438 g/mol. The van der Waals surface area contributed by atoms with E-state index in [0.29, 0.717) is 55.4 Å². The van der Waals surface area contributed by atoms with E-state index in [1.165, 1.54) is 16.9 Å². The zero-order chi connectivity index (χ0) is 23.2. The second-order valence-electron chi connectivity index (χ2n) is 7.77. The summed E-state index contributed by atoms with van der Waals surface area (Å²) in [6.45, 7) is 4.41. The van der Waals surface area contributed by atoms with Crippen LogP contribution in [-0.4, -0.2) is 59.9 Å². The van der Waals surface area contributed by atoms with Crippen molar-refractivity contribution in [1.82, 2.24) is 14.8 Å². The summed E-state index contributed by atoms with van der Waals surface area (Å²) in [5, 5.41) is 1.93. The van der Waals surface area contributed by atoms with Gasteiger partial charge in [-0.3, -0.25) is 9.59 Å². The topological polar surface area (TPSA) is 72.0 Å². The Balaban J connectivity index is 1.36. The summed E-state index contributed by atoms with van der Waals surface area (Å²) in [5.74, 6) is 0.985. The summed E-state index contributed by atoms with van der Waals surface area (Å²) >= 11 is 1.51. The Morgan fingerprint density at radius 2 is 1.58 bits per heavy atom. The number of methoxy groups -OCH3 is 1. The zero-order valence-corrected chi connectivity index (χ0v) is 19.6. The molecule has 2 aromatic carbocycles. The highest BCUT2D eigenvalue weighted by Gasteiger charge is 2.26. The van der Waals surface area contributed by atoms with Crippen LogP contribution in [0.25, 0.3) is 0 Å². The van der Waals surface area contributed by atoms with Gasteiger partial charge in [-0.2, -0.15) is 0 Å². The Hall–Kier alpha value is -3.39. The number of hydrogen-bond donors (Lipinski definition) is 0. The van der Waals surface area contributed by atoms with Gasteiger partial charge in [0.25, 0.3) is 11.8 Å². The molecule has 1 aromatic heterocycles. The first-order chi connectivity index (χ1) is 16.1. The highest BCUT2D eigenvalue weighted by atomic mass is 32.1. The molecule has 0 unspecified atom stereocenters. The Kier molecular flexibility index (Phi) is 7.24. The Morgan fingerprint density at radius 1 is 0.939 bits per heavy atom. The number of ether oxygens (including phenoxy) is 2. The minimum absolute atomic E-state index is 0.00744. The summed E-state index contributed by atoms with van der Waals surface area (Å²) < 4.78 is 11.2. The van der Waals surface area contributed by atoms with E-state index >= 15 is 0 Å². The molecule has 0 bridgehead atoms. The fraction of sp³-hybridized carbons (Fsp3) is 0.320. The molecule has 8 heteroatoms. The molecule has 172 valence electrons. The number of aromatic nitrogens is 1. The molecule has 1 aliphatic rings. The molecule has 7 nitrogen and oxygen atoms in total. The normalized spacial score (nSPS) is 13.6. The molecule has 2 heterocycles. The zero-order valence-electron chi connectivity index (χ0n) is 18.8. The Morgan fingerprint density at radius 3 is 2.15 bits per heavy atom. The quantitative estimate of drug-likeness (QED) is 0.529. The lowest BCUT2D eigenvalue weighted by atomic mass is 10.1. The molecule has 2 amide bonds. The largest absolute Gasteiger partial charge is 0.493 e. The number of piperazine rings is 1. The van der Waals surface area contributed by atoms with Crippen LogP contribution in [0.5, 0.6) is 11.5 Å². The molecule has 0 spiro atoms. The van der Waals surface area contributed by atoms with Crippen LogP contribution in [0.4, 0.5) is 0 Å². The number of rotatable bonds is 7. The van der Waals surface area contributed by atoms with Crippen LogP contribution in [0.2, 0.25) is 0 Å². The van der Waals surface area contributed by atoms with Gasteiger partial charge >= 0.3 is 0 Å². The van der Waals surface area contributed by atoms with Crippen molar-refractivity contribution in [3.05, 3.63) is 75.7 Å². The van der Waals surface area contributed by atoms with Crippen molar-refractivity contribution in [2.45, 2.75) is 20.0 Å². The minimum atomic E-state index is -0.0845. The van der Waals surface area contributed by atoms with E-state index < -0.39 is 0 Å². The molecule has 0 saturated carbocycles. The molecule has 1 fully saturated rings. The summed E-state index contributed by atoms with van der Waals surface area (Å²) in [6, 6.07) is 12.9. The first-order valence-electron chi connectivity index (χ1n) is 10.9. The van der Waals surface area contributed by atoms with Crippen molar-refractivity contribution in [3.63, 3.8) is 0 Å². The molecule has 3 aromatic rings. The molecule has 0 N–H and O–H groups in total. The Labute approximate surface area is 197 Å². The van der Waals surface area contributed by atoms with Gasteiger partial charge in [0.1, 0.15) is 6.61 Å². The predicted molar refractivity (Wildman–Crippen MR) is 127 cm³/mol. The van der Waals surface area contributed by atoms with Crippen molar-refractivity contribution in [2.75, 3.05) is 33.3 Å². The van der Waals surface area contributed by atoms with Crippen molar-refractivity contribution in [2.24, 2.45) is 0 Å². The van der Waals surface area contributed by atoms with Gasteiger partial charge in [-0.1, -0.05) is 19.1 Å². The molecular formula is C25H27N3O4S. The lowest BCUT2D eigenvalue weighted by Crippen LogP contribution is -2.50. The number of carbonyl (C=O) groups is 2. The maximum Gasteiger partial charge on any atom is 0.254 e. The van der Waals surface area contributed by atoms with E-state index in [1.54, 1.807) is 40.6 Å². The van der Waals surface area contributed by atoms with Crippen molar-refractivity contribution in [3.8, 4) is 11.5 Å². The number of amides is 2. The van der Waals surface area contributed by atoms with Crippen LogP contribution >= 0.6 is 11.3 Å². The van der Waals surface area contributed by atoms with Crippen molar-refractivity contribution < 1.29 is 19.1 Å². The van der Waals surface area contributed by atoms with Crippen LogP contribution in [0.15, 0.2) is 53.4 Å². The molecule has 4 rings (SSSR count). The third-order valence-corrected chi connectivity index (χ3v) is 6.37. The standard InChI is InChI=1S/C25H27N3O4S/c1-3-18-4-6-19(7-5-18)24(29)27-10-12-28(13-11-27)25(30)20-8-9-22(23(14-20)31-2)32-15-21-16-33-17-26-21/h4-9,14,16-17H,3,10-13,15H2,1-2H3. The van der Waals surface area contributed by atoms with E-state index in [-0.39, 0.29) is 11.8 Å². The highest BCUT2D eigenvalue weighted by Crippen LogP contribution is 2.29. The number of nitrogens with zero attached hydrogens (tertiary/aromatic N) is 3. The highest BCUT2D eigenvalue weighted by molar-refractivity contribution is 7.07. The third kappa shape index (κ3) is 5.34. The van der Waals surface area contributed by atoms with E-state index in [0.717, 1.165) is 12.1 Å². The third-order valence-electron chi connectivity index (χ3n) is 5.73. The Bertz CT molecular complexity index is 1090. The summed E-state index contributed by atoms with van der Waals surface area (Å²) in [5.41, 5.74) is 5.02. The van der Waals surface area contributed by atoms with Crippen molar-refractivity contribution >= 4 is 23.2 Å². The summed E-state index contributed by atoms with van der Waals surface area (Å²) in [7, 11) is 1.55. The van der Waals surface area contributed by atoms with Gasteiger partial charge in [0, 0.05) is 42.7 Å². The SMILES string of the molecule is CCc1ccc(C(=O)N2CCN(C(=O)c3ccc(OCc4cscn4)c(OC)c3)CC2)cc1. The van der Waals surface area contributed by atoms with Gasteiger partial charge in [-0.05, 0) is 42.3 Å². The van der Waals surface area contributed by atoms with Gasteiger partial charge in [0.05, 0.1) is 18.3 Å². The number of aryl methyl sites for hydroxylation is 1. The molecule has 1 saturated heterocycles. The lowest BCUT2D eigenvalue weighted by molar-refractivity contribution is 0.0535. The minimum Gasteiger partial charge on any atom is -0.493 e. The number of benzene rings is 2. The van der Waals surface area contributed by atoms with Crippen LogP contribution in [0.3, 0.4) is 0 Å². The van der Waals surface area contributed by atoms with Crippen LogP contribution < -0.4 is 9.47 Å². The lowest BCUT2D eigenvalue weighted by Gasteiger charge is -2.35. The number of thiazole rings is 1. The van der Waals surface area contributed by atoms with E-state index in [9.17, 15) is 9.59 Å². The first kappa shape index (κ1) is 22.8. The van der Waals surface area contributed by atoms with Gasteiger partial charge in [0.2, 0.25) is 0 Å². The monoisotopic (exact) mass is 465 g/mol. The fourth-order valence-corrected chi connectivity index (χ4v) is 4.28. The van der Waals surface area contributed by atoms with Gasteiger partial charge in [-0.25, -0.2) is 4.98 Å². The maximum atomic E-state index is 13.1. The van der Waals surface area contributed by atoms with Crippen LogP contribution in [0.1, 0.15) is 38.9 Å². The predicted octanol–water partition coefficient (Wildman–Crippen LogP) is 3.89. The average molecular weight is 466 g/mol. The van der Waals surface area contributed by atoms with Gasteiger partial charge in [-0.15, -0.1) is 11.3 Å². The molecule has 1 aliphatic heterocycles. The van der Waals surface area contributed by atoms with Crippen LogP contribution in [-0.2, 0) is 13.0 Å². The van der Waals surface area contributed by atoms with Crippen LogP contribution in [0, 0.1) is 0 Å². The number of hydrogen-bond acceptors (Lipinski definition) is 6. The van der Waals surface area contributed by atoms with E-state index in [2.05, 4.69) is 11.9 Å². The second kappa shape index (κ2) is 10.5. The maximum absolute atomic E-state index is 13.1. The van der Waals surface area contributed by atoms with Gasteiger partial charge < -0.3 is 19.3 Å². The van der Waals surface area contributed by atoms with Crippen molar-refractivity contribution in [1.29, 1.82) is 0 Å². The summed E-state index contributed by atoms with van der Waals surface area (Å²) in [6.07, 6.45) is 0.943. The first-order valence-corrected chi connectivity index (χ1v) is 11.9. The second-order valence-corrected chi connectivity index (χ2v) is 8.49. The molecule has 0 atom stereocenters. The molecule has 33 heavy (non-hydrogen) atoms. The smallest absolute Gasteiger partial charge is 0.254 e. The average Bonchev–Trinajstić information content (AvgIpc) is 3.40. The number of carbonyl (C=O) groups excluding carboxylic acids is 2. The molecule has 0 radical (unpaired) electrons. The van der Waals surface area contributed by atoms with E-state index in [4.69, 9.17) is 9.47 Å². The summed E-state index contributed by atoms with van der Waals surface area (Å²) in [4.78, 5) is 33.6. The molecule has 0 aliphatic carbocycles. The van der Waals surface area contributed by atoms with Gasteiger partial charge in [0.15, 0.2) is 11.5 Å². The van der Waals surface area contributed by atoms with E-state index in [1.807, 2.05) is 29.6 Å². The fourth-order valence-electron chi connectivity index (χ4n) is 3.74.